The van der Waals surface area contributed by atoms with Gasteiger partial charge in [-0.3, -0.25) is 0 Å². The zero-order valence-electron chi connectivity index (χ0n) is 17.0. The molecule has 0 aliphatic heterocycles. The lowest BCUT2D eigenvalue weighted by Gasteiger charge is -2.11. The summed E-state index contributed by atoms with van der Waals surface area (Å²) in [6.07, 6.45) is -0.851. The fourth-order valence-corrected chi connectivity index (χ4v) is 3.17. The number of hydrogen-bond acceptors (Lipinski definition) is 5. The highest BCUT2D eigenvalue weighted by molar-refractivity contribution is 5.64. The minimum absolute atomic E-state index is 0.253. The van der Waals surface area contributed by atoms with Gasteiger partial charge in [0.05, 0.1) is 30.4 Å². The van der Waals surface area contributed by atoms with Crippen molar-refractivity contribution in [1.29, 1.82) is 0 Å². The van der Waals surface area contributed by atoms with Crippen LogP contribution in [0.1, 0.15) is 11.3 Å². The van der Waals surface area contributed by atoms with Crippen LogP contribution < -0.4 is 10.1 Å². The predicted octanol–water partition coefficient (Wildman–Crippen LogP) is 4.75. The Morgan fingerprint density at radius 3 is 2.58 bits per heavy atom. The third-order valence-corrected chi connectivity index (χ3v) is 4.64. The SMILES string of the molecule is COc1cc(Nc2nc(-c3cccc(C(F)(F)F)c3)n(C)n2)ccc1-n1cnc(C)c1. The smallest absolute Gasteiger partial charge is 0.416 e. The summed E-state index contributed by atoms with van der Waals surface area (Å²) in [5.41, 5.74) is 1.94. The second-order valence-electron chi connectivity index (χ2n) is 6.90. The molecule has 0 radical (unpaired) electrons. The van der Waals surface area contributed by atoms with E-state index in [0.717, 1.165) is 23.5 Å². The average Bonchev–Trinajstić information content (AvgIpc) is 3.32. The van der Waals surface area contributed by atoms with E-state index in [4.69, 9.17) is 4.74 Å². The van der Waals surface area contributed by atoms with Gasteiger partial charge >= 0.3 is 6.18 Å². The fourth-order valence-electron chi connectivity index (χ4n) is 3.17. The lowest BCUT2D eigenvalue weighted by atomic mass is 10.1. The number of halogens is 3. The molecule has 1 N–H and O–H groups in total. The van der Waals surface area contributed by atoms with E-state index in [9.17, 15) is 13.2 Å². The van der Waals surface area contributed by atoms with Gasteiger partial charge in [0.25, 0.3) is 0 Å². The van der Waals surface area contributed by atoms with Gasteiger partial charge in [0, 0.05) is 30.6 Å². The zero-order valence-corrected chi connectivity index (χ0v) is 17.0. The molecule has 0 saturated heterocycles. The van der Waals surface area contributed by atoms with E-state index in [0.29, 0.717) is 22.8 Å². The number of ether oxygens (including phenoxy) is 1. The molecule has 4 aromatic rings. The van der Waals surface area contributed by atoms with Gasteiger partial charge in [-0.1, -0.05) is 12.1 Å². The van der Waals surface area contributed by atoms with Crippen LogP contribution in [0.2, 0.25) is 0 Å². The number of aromatic nitrogens is 5. The van der Waals surface area contributed by atoms with Gasteiger partial charge in [0.1, 0.15) is 5.75 Å². The van der Waals surface area contributed by atoms with Crippen LogP contribution in [0.5, 0.6) is 5.75 Å². The van der Waals surface area contributed by atoms with Gasteiger partial charge in [-0.2, -0.15) is 18.2 Å². The number of hydrogen-bond donors (Lipinski definition) is 1. The number of rotatable bonds is 5. The van der Waals surface area contributed by atoms with Crippen molar-refractivity contribution in [3.8, 4) is 22.8 Å². The Kier molecular flexibility index (Phi) is 5.14. The number of alkyl halides is 3. The van der Waals surface area contributed by atoms with E-state index < -0.39 is 11.7 Å². The summed E-state index contributed by atoms with van der Waals surface area (Å²) < 4.78 is 47.9. The predicted molar refractivity (Wildman–Crippen MR) is 110 cm³/mol. The molecule has 2 heterocycles. The molecule has 0 spiro atoms. The minimum atomic E-state index is -4.43. The first-order valence-electron chi connectivity index (χ1n) is 9.29. The number of benzene rings is 2. The van der Waals surface area contributed by atoms with Crippen molar-refractivity contribution in [2.24, 2.45) is 7.05 Å². The molecule has 7 nitrogen and oxygen atoms in total. The summed E-state index contributed by atoms with van der Waals surface area (Å²) in [6, 6.07) is 10.5. The fraction of sp³-hybridized carbons (Fsp3) is 0.190. The molecule has 0 amide bonds. The van der Waals surface area contributed by atoms with Crippen LogP contribution in [-0.2, 0) is 13.2 Å². The Bertz CT molecular complexity index is 1230. The van der Waals surface area contributed by atoms with Crippen molar-refractivity contribution < 1.29 is 17.9 Å². The highest BCUT2D eigenvalue weighted by Crippen LogP contribution is 2.32. The number of nitrogens with one attached hydrogen (secondary N) is 1. The summed E-state index contributed by atoms with van der Waals surface area (Å²) in [7, 11) is 3.19. The third kappa shape index (κ3) is 4.23. The molecule has 4 rings (SSSR count). The molecule has 31 heavy (non-hydrogen) atoms. The van der Waals surface area contributed by atoms with Crippen LogP contribution in [0.15, 0.2) is 55.0 Å². The van der Waals surface area contributed by atoms with E-state index in [1.807, 2.05) is 29.8 Å². The van der Waals surface area contributed by atoms with E-state index >= 15 is 0 Å². The van der Waals surface area contributed by atoms with Crippen LogP contribution in [0.25, 0.3) is 17.1 Å². The van der Waals surface area contributed by atoms with Crippen molar-refractivity contribution in [2.75, 3.05) is 12.4 Å². The first-order chi connectivity index (χ1) is 14.7. The summed E-state index contributed by atoms with van der Waals surface area (Å²) in [5, 5.41) is 7.34. The standard InChI is InChI=1S/C21H19F3N6O/c1-13-11-30(12-25-13)17-8-7-16(10-18(17)31-3)26-20-27-19(29(2)28-20)14-5-4-6-15(9-14)21(22,23)24/h4-12H,1-3H3,(H,26,28). The van der Waals surface area contributed by atoms with Gasteiger partial charge in [-0.25, -0.2) is 9.67 Å². The molecule has 0 unspecified atom stereocenters. The average molecular weight is 428 g/mol. The highest BCUT2D eigenvalue weighted by atomic mass is 19.4. The topological polar surface area (TPSA) is 69.8 Å². The van der Waals surface area contributed by atoms with E-state index in [1.54, 1.807) is 32.6 Å². The quantitative estimate of drug-likeness (QED) is 0.497. The zero-order chi connectivity index (χ0) is 22.2. The number of nitrogens with zero attached hydrogens (tertiary/aromatic N) is 5. The van der Waals surface area contributed by atoms with Gasteiger partial charge in [-0.05, 0) is 31.2 Å². The van der Waals surface area contributed by atoms with Crippen LogP contribution in [0, 0.1) is 6.92 Å². The van der Waals surface area contributed by atoms with Gasteiger partial charge in [0.2, 0.25) is 5.95 Å². The summed E-state index contributed by atoms with van der Waals surface area (Å²) in [6.45, 7) is 1.90. The maximum Gasteiger partial charge on any atom is 0.416 e. The molecule has 0 aliphatic rings. The maximum absolute atomic E-state index is 13.0. The molecule has 0 saturated carbocycles. The molecule has 2 aromatic heterocycles. The van der Waals surface area contributed by atoms with Crippen LogP contribution in [0.4, 0.5) is 24.8 Å². The Morgan fingerprint density at radius 2 is 1.90 bits per heavy atom. The van der Waals surface area contributed by atoms with E-state index in [2.05, 4.69) is 20.4 Å². The van der Waals surface area contributed by atoms with Gasteiger partial charge < -0.3 is 14.6 Å². The van der Waals surface area contributed by atoms with Crippen molar-refractivity contribution in [3.05, 3.63) is 66.2 Å². The Morgan fingerprint density at radius 1 is 1.10 bits per heavy atom. The third-order valence-electron chi connectivity index (χ3n) is 4.64. The lowest BCUT2D eigenvalue weighted by Crippen LogP contribution is -2.05. The van der Waals surface area contributed by atoms with E-state index in [-0.39, 0.29) is 5.95 Å². The molecule has 160 valence electrons. The Hall–Kier alpha value is -3.82. The van der Waals surface area contributed by atoms with Crippen LogP contribution >= 0.6 is 0 Å². The first kappa shape index (κ1) is 20.5. The number of aryl methyl sites for hydroxylation is 2. The molecule has 2 aromatic carbocycles. The summed E-state index contributed by atoms with van der Waals surface area (Å²) in [5.74, 6) is 1.17. The van der Waals surface area contributed by atoms with E-state index in [1.165, 1.54) is 10.7 Å². The molecular weight excluding hydrogens is 409 g/mol. The minimum Gasteiger partial charge on any atom is -0.494 e. The van der Waals surface area contributed by atoms with Crippen molar-refractivity contribution in [3.63, 3.8) is 0 Å². The summed E-state index contributed by atoms with van der Waals surface area (Å²) in [4.78, 5) is 8.58. The second kappa shape index (κ2) is 7.78. The molecule has 0 fully saturated rings. The normalized spacial score (nSPS) is 11.5. The van der Waals surface area contributed by atoms with Crippen LogP contribution in [0.3, 0.4) is 0 Å². The number of imidazole rings is 1. The monoisotopic (exact) mass is 428 g/mol. The van der Waals surface area contributed by atoms with Crippen molar-refractivity contribution >= 4 is 11.6 Å². The second-order valence-corrected chi connectivity index (χ2v) is 6.90. The first-order valence-corrected chi connectivity index (χ1v) is 9.29. The lowest BCUT2D eigenvalue weighted by molar-refractivity contribution is -0.137. The van der Waals surface area contributed by atoms with Gasteiger partial charge in [0.15, 0.2) is 5.82 Å². The molecule has 10 heteroatoms. The molecule has 0 atom stereocenters. The van der Waals surface area contributed by atoms with Crippen molar-refractivity contribution in [2.45, 2.75) is 13.1 Å². The Balaban J connectivity index is 1.61. The molecule has 0 aliphatic carbocycles. The number of anilines is 2. The largest absolute Gasteiger partial charge is 0.494 e. The van der Waals surface area contributed by atoms with Crippen molar-refractivity contribution in [1.82, 2.24) is 24.3 Å². The Labute approximate surface area is 176 Å². The van der Waals surface area contributed by atoms with Crippen LogP contribution in [-0.4, -0.2) is 31.4 Å². The maximum atomic E-state index is 13.0. The number of methoxy groups -OCH3 is 1. The summed E-state index contributed by atoms with van der Waals surface area (Å²) >= 11 is 0. The van der Waals surface area contributed by atoms with Gasteiger partial charge in [-0.15, -0.1) is 5.10 Å². The highest BCUT2D eigenvalue weighted by Gasteiger charge is 2.30. The molecule has 0 bridgehead atoms. The molecular formula is C21H19F3N6O.